The zero-order valence-corrected chi connectivity index (χ0v) is 15.5. The minimum absolute atomic E-state index is 0.102. The van der Waals surface area contributed by atoms with Crippen LogP contribution in [0.25, 0.3) is 0 Å². The number of esters is 1. The number of ether oxygens (including phenoxy) is 1. The molecule has 0 aliphatic heterocycles. The highest BCUT2D eigenvalue weighted by Gasteiger charge is 2.02. The highest BCUT2D eigenvalue weighted by molar-refractivity contribution is 5.69. The van der Waals surface area contributed by atoms with Gasteiger partial charge in [-0.3, -0.25) is 4.79 Å². The van der Waals surface area contributed by atoms with Gasteiger partial charge in [-0.1, -0.05) is 64.0 Å². The van der Waals surface area contributed by atoms with Crippen molar-refractivity contribution in [2.45, 2.75) is 96.5 Å². The first-order valence-electron chi connectivity index (χ1n) is 9.80. The van der Waals surface area contributed by atoms with Gasteiger partial charge in [-0.05, 0) is 32.1 Å². The Labute approximate surface area is 148 Å². The molecule has 0 radical (unpaired) electrons. The smallest absolute Gasteiger partial charge is 0.305 e. The van der Waals surface area contributed by atoms with Crippen molar-refractivity contribution in [2.24, 2.45) is 0 Å². The van der Waals surface area contributed by atoms with Gasteiger partial charge in [0.15, 0.2) is 0 Å². The topological polar surface area (TPSA) is 66.8 Å². The molecule has 1 unspecified atom stereocenters. The van der Waals surface area contributed by atoms with Gasteiger partial charge in [0.05, 0.1) is 12.7 Å². The van der Waals surface area contributed by atoms with Crippen molar-refractivity contribution >= 4 is 5.97 Å². The van der Waals surface area contributed by atoms with Crippen molar-refractivity contribution in [1.29, 1.82) is 0 Å². The Morgan fingerprint density at radius 1 is 1.00 bits per heavy atom. The van der Waals surface area contributed by atoms with Crippen LogP contribution in [0.1, 0.15) is 90.4 Å². The molecule has 1 atom stereocenters. The van der Waals surface area contributed by atoms with Crippen molar-refractivity contribution in [3.05, 3.63) is 12.2 Å². The maximum atomic E-state index is 11.2. The highest BCUT2D eigenvalue weighted by atomic mass is 16.5. The summed E-state index contributed by atoms with van der Waals surface area (Å²) in [6.07, 6.45) is 17.6. The molecule has 0 heterocycles. The van der Waals surface area contributed by atoms with Gasteiger partial charge in [-0.25, -0.2) is 0 Å². The summed E-state index contributed by atoms with van der Waals surface area (Å²) in [6.45, 7) is 2.21. The fraction of sp³-hybridized carbons (Fsp3) is 0.850. The molecule has 0 bridgehead atoms. The van der Waals surface area contributed by atoms with Crippen LogP contribution < -0.4 is 0 Å². The van der Waals surface area contributed by atoms with Crippen LogP contribution >= 0.6 is 0 Å². The maximum Gasteiger partial charge on any atom is 0.305 e. The number of allylic oxidation sites excluding steroid dienone is 1. The van der Waals surface area contributed by atoms with Crippen LogP contribution in [0.4, 0.5) is 0 Å². The lowest BCUT2D eigenvalue weighted by molar-refractivity contribution is -0.144. The molecule has 0 aromatic heterocycles. The molecule has 0 aliphatic carbocycles. The Morgan fingerprint density at radius 2 is 1.71 bits per heavy atom. The number of aliphatic hydroxyl groups excluding tert-OH is 2. The van der Waals surface area contributed by atoms with E-state index in [1.54, 1.807) is 0 Å². The summed E-state index contributed by atoms with van der Waals surface area (Å²) in [5.41, 5.74) is 0. The molecule has 4 heteroatoms. The number of rotatable bonds is 17. The molecule has 0 spiro atoms. The van der Waals surface area contributed by atoms with E-state index in [2.05, 4.69) is 19.1 Å². The third-order valence-electron chi connectivity index (χ3n) is 4.07. The lowest BCUT2D eigenvalue weighted by atomic mass is 10.1. The van der Waals surface area contributed by atoms with Crippen LogP contribution in [-0.4, -0.2) is 35.5 Å². The first-order chi connectivity index (χ1) is 11.7. The van der Waals surface area contributed by atoms with E-state index in [0.717, 1.165) is 51.4 Å². The first-order valence-corrected chi connectivity index (χ1v) is 9.80. The highest BCUT2D eigenvalue weighted by Crippen LogP contribution is 2.10. The molecular weight excluding hydrogens is 304 g/mol. The predicted octanol–water partition coefficient (Wildman–Crippen LogP) is 4.53. The molecule has 4 nitrogen and oxygen atoms in total. The van der Waals surface area contributed by atoms with Crippen LogP contribution in [0.3, 0.4) is 0 Å². The van der Waals surface area contributed by atoms with Crippen LogP contribution in [0.2, 0.25) is 0 Å². The molecule has 0 aliphatic rings. The second-order valence-electron chi connectivity index (χ2n) is 6.46. The summed E-state index contributed by atoms with van der Waals surface area (Å²) >= 11 is 0. The lowest BCUT2D eigenvalue weighted by Gasteiger charge is -2.07. The van der Waals surface area contributed by atoms with Crippen LogP contribution in [-0.2, 0) is 9.53 Å². The van der Waals surface area contributed by atoms with Crippen LogP contribution in [0.5, 0.6) is 0 Å². The molecule has 2 N–H and O–H groups in total. The number of hydrogen-bond acceptors (Lipinski definition) is 4. The largest absolute Gasteiger partial charge is 0.463 e. The van der Waals surface area contributed by atoms with E-state index >= 15 is 0 Å². The molecular formula is C20H38O4. The van der Waals surface area contributed by atoms with Gasteiger partial charge in [0.2, 0.25) is 0 Å². The number of unbranched alkanes of at least 4 members (excludes halogenated alkanes) is 8. The lowest BCUT2D eigenvalue weighted by Crippen LogP contribution is -2.07. The fourth-order valence-corrected chi connectivity index (χ4v) is 2.59. The third kappa shape index (κ3) is 17.5. The average molecular weight is 343 g/mol. The van der Waals surface area contributed by atoms with Crippen molar-refractivity contribution in [3.8, 4) is 0 Å². The molecule has 0 aromatic carbocycles. The fourth-order valence-electron chi connectivity index (χ4n) is 2.59. The van der Waals surface area contributed by atoms with Gasteiger partial charge in [0, 0.05) is 6.42 Å². The Hall–Kier alpha value is -0.870. The SMILES string of the molecule is CCCCCCC(O)C/C=C/CCCCCCCC(=O)OCCO. The number of carbonyl (C=O) groups excluding carboxylic acids is 1. The Bertz CT molecular complexity index is 302. The molecule has 24 heavy (non-hydrogen) atoms. The molecule has 0 amide bonds. The van der Waals surface area contributed by atoms with E-state index in [0.29, 0.717) is 6.42 Å². The summed E-state index contributed by atoms with van der Waals surface area (Å²) in [4.78, 5) is 11.2. The van der Waals surface area contributed by atoms with Crippen LogP contribution in [0.15, 0.2) is 12.2 Å². The van der Waals surface area contributed by atoms with Gasteiger partial charge in [-0.15, -0.1) is 0 Å². The van der Waals surface area contributed by atoms with Crippen LogP contribution in [0, 0.1) is 0 Å². The molecule has 142 valence electrons. The summed E-state index contributed by atoms with van der Waals surface area (Å²) < 4.78 is 4.80. The number of aliphatic hydroxyl groups is 2. The van der Waals surface area contributed by atoms with Gasteiger partial charge in [0.25, 0.3) is 0 Å². The normalized spacial score (nSPS) is 12.6. The minimum atomic E-state index is -0.208. The Balaban J connectivity index is 3.30. The Morgan fingerprint density at radius 3 is 2.46 bits per heavy atom. The second-order valence-corrected chi connectivity index (χ2v) is 6.46. The summed E-state index contributed by atoms with van der Waals surface area (Å²) in [7, 11) is 0. The monoisotopic (exact) mass is 342 g/mol. The van der Waals surface area contributed by atoms with Gasteiger partial charge in [0.1, 0.15) is 6.61 Å². The minimum Gasteiger partial charge on any atom is -0.463 e. The van der Waals surface area contributed by atoms with Crippen molar-refractivity contribution in [2.75, 3.05) is 13.2 Å². The zero-order chi connectivity index (χ0) is 17.9. The van der Waals surface area contributed by atoms with E-state index in [1.807, 2.05) is 0 Å². The van der Waals surface area contributed by atoms with Crippen molar-refractivity contribution in [3.63, 3.8) is 0 Å². The van der Waals surface area contributed by atoms with Crippen molar-refractivity contribution < 1.29 is 19.7 Å². The maximum absolute atomic E-state index is 11.2. The molecule has 0 fully saturated rings. The standard InChI is InChI=1S/C20H38O4/c1-2-3-4-11-14-19(22)15-12-9-7-5-6-8-10-13-16-20(23)24-18-17-21/h9,12,19,21-22H,2-8,10-11,13-18H2,1H3/b12-9+. The number of carbonyl (C=O) groups is 1. The van der Waals surface area contributed by atoms with E-state index in [-0.39, 0.29) is 25.3 Å². The van der Waals surface area contributed by atoms with E-state index in [1.165, 1.54) is 25.7 Å². The quantitative estimate of drug-likeness (QED) is 0.231. The Kier molecular flexibility index (Phi) is 17.8. The van der Waals surface area contributed by atoms with Gasteiger partial charge >= 0.3 is 5.97 Å². The first kappa shape index (κ1) is 23.1. The summed E-state index contributed by atoms with van der Waals surface area (Å²) in [5.74, 6) is -0.208. The summed E-state index contributed by atoms with van der Waals surface area (Å²) in [5, 5.41) is 18.4. The predicted molar refractivity (Wildman–Crippen MR) is 98.9 cm³/mol. The summed E-state index contributed by atoms with van der Waals surface area (Å²) in [6, 6.07) is 0. The van der Waals surface area contributed by atoms with Gasteiger partial charge in [-0.2, -0.15) is 0 Å². The molecule has 0 saturated carbocycles. The van der Waals surface area contributed by atoms with Crippen molar-refractivity contribution in [1.82, 2.24) is 0 Å². The van der Waals surface area contributed by atoms with E-state index < -0.39 is 0 Å². The molecule has 0 rings (SSSR count). The average Bonchev–Trinajstić information content (AvgIpc) is 2.58. The second kappa shape index (κ2) is 18.5. The molecule has 0 aromatic rings. The van der Waals surface area contributed by atoms with Gasteiger partial charge < -0.3 is 14.9 Å². The zero-order valence-electron chi connectivity index (χ0n) is 15.5. The number of hydrogen-bond donors (Lipinski definition) is 2. The van der Waals surface area contributed by atoms with E-state index in [9.17, 15) is 9.90 Å². The van der Waals surface area contributed by atoms with E-state index in [4.69, 9.17) is 9.84 Å². The third-order valence-corrected chi connectivity index (χ3v) is 4.07. The molecule has 0 saturated heterocycles.